The van der Waals surface area contributed by atoms with Gasteiger partial charge in [-0.05, 0) is 30.2 Å². The Morgan fingerprint density at radius 1 is 1.00 bits per heavy atom. The van der Waals surface area contributed by atoms with Crippen molar-refractivity contribution in [1.82, 2.24) is 4.90 Å². The summed E-state index contributed by atoms with van der Waals surface area (Å²) in [5.41, 5.74) is 2.91. The number of benzene rings is 2. The van der Waals surface area contributed by atoms with Gasteiger partial charge in [-0.1, -0.05) is 35.9 Å². The molecule has 0 saturated heterocycles. The van der Waals surface area contributed by atoms with Gasteiger partial charge in [0.05, 0.1) is 6.42 Å². The molecule has 0 N–H and O–H groups in total. The molecule has 0 unspecified atom stereocenters. The fourth-order valence-corrected chi connectivity index (χ4v) is 2.72. The Bertz CT molecular complexity index is 816. The zero-order valence-electron chi connectivity index (χ0n) is 15.6. The lowest BCUT2D eigenvalue weighted by Gasteiger charge is -2.21. The second-order valence-electron chi connectivity index (χ2n) is 6.55. The fraction of sp³-hybridized carbons (Fsp3) is 0.333. The van der Waals surface area contributed by atoms with Crippen molar-refractivity contribution in [2.45, 2.75) is 19.9 Å². The van der Waals surface area contributed by atoms with E-state index in [-0.39, 0.29) is 18.9 Å². The molecule has 142 valence electrons. The summed E-state index contributed by atoms with van der Waals surface area (Å²) < 4.78 is 16.2. The highest BCUT2D eigenvalue weighted by Crippen LogP contribution is 2.31. The van der Waals surface area contributed by atoms with Crippen molar-refractivity contribution in [3.8, 4) is 11.5 Å². The highest BCUT2D eigenvalue weighted by Gasteiger charge is 2.16. The van der Waals surface area contributed by atoms with Crippen molar-refractivity contribution in [3.63, 3.8) is 0 Å². The number of esters is 1. The van der Waals surface area contributed by atoms with E-state index in [0.29, 0.717) is 31.3 Å². The van der Waals surface area contributed by atoms with E-state index in [9.17, 15) is 9.59 Å². The highest BCUT2D eigenvalue weighted by atomic mass is 16.6. The minimum absolute atomic E-state index is 0.152. The van der Waals surface area contributed by atoms with Crippen LogP contribution in [0.25, 0.3) is 0 Å². The minimum atomic E-state index is -0.417. The van der Waals surface area contributed by atoms with E-state index in [1.165, 1.54) is 4.90 Å². The number of amides is 1. The number of hydrogen-bond acceptors (Lipinski definition) is 5. The number of rotatable bonds is 6. The number of aryl methyl sites for hydroxylation is 1. The third-order valence-corrected chi connectivity index (χ3v) is 4.28. The molecule has 0 saturated carbocycles. The van der Waals surface area contributed by atoms with Crippen LogP contribution in [0, 0.1) is 6.92 Å². The van der Waals surface area contributed by atoms with Crippen LogP contribution in [0.5, 0.6) is 11.5 Å². The van der Waals surface area contributed by atoms with Gasteiger partial charge in [-0.15, -0.1) is 0 Å². The first kappa shape index (κ1) is 18.8. The van der Waals surface area contributed by atoms with Gasteiger partial charge in [0.25, 0.3) is 5.91 Å². The summed E-state index contributed by atoms with van der Waals surface area (Å²) in [6.07, 6.45) is 0.152. The quantitative estimate of drug-likeness (QED) is 0.732. The maximum Gasteiger partial charge on any atom is 0.310 e. The first-order valence-corrected chi connectivity index (χ1v) is 8.85. The third kappa shape index (κ3) is 5.23. The average Bonchev–Trinajstić information content (AvgIpc) is 2.67. The molecule has 0 spiro atoms. The van der Waals surface area contributed by atoms with Crippen LogP contribution in [0.15, 0.2) is 42.5 Å². The normalized spacial score (nSPS) is 12.4. The van der Waals surface area contributed by atoms with Gasteiger partial charge in [0.1, 0.15) is 13.2 Å². The lowest BCUT2D eigenvalue weighted by Crippen LogP contribution is -2.31. The monoisotopic (exact) mass is 369 g/mol. The molecule has 0 aliphatic carbocycles. The van der Waals surface area contributed by atoms with E-state index in [1.54, 1.807) is 7.05 Å². The molecule has 0 atom stereocenters. The molecule has 1 amide bonds. The molecule has 0 radical (unpaired) electrons. The van der Waals surface area contributed by atoms with Gasteiger partial charge >= 0.3 is 5.97 Å². The Kier molecular flexibility index (Phi) is 5.96. The molecule has 1 aliphatic heterocycles. The molecule has 2 aromatic rings. The van der Waals surface area contributed by atoms with E-state index in [1.807, 2.05) is 49.4 Å². The van der Waals surface area contributed by atoms with Gasteiger partial charge in [-0.3, -0.25) is 9.59 Å². The van der Waals surface area contributed by atoms with Gasteiger partial charge in [-0.2, -0.15) is 0 Å². The minimum Gasteiger partial charge on any atom is -0.486 e. The molecule has 1 heterocycles. The van der Waals surface area contributed by atoms with E-state index in [2.05, 4.69) is 0 Å². The summed E-state index contributed by atoms with van der Waals surface area (Å²) in [6, 6.07) is 13.2. The van der Waals surface area contributed by atoms with Crippen molar-refractivity contribution < 1.29 is 23.8 Å². The molecule has 1 aliphatic rings. The van der Waals surface area contributed by atoms with Gasteiger partial charge in [0, 0.05) is 13.6 Å². The van der Waals surface area contributed by atoms with Crippen molar-refractivity contribution in [3.05, 3.63) is 59.2 Å². The molecule has 6 nitrogen and oxygen atoms in total. The van der Waals surface area contributed by atoms with Crippen LogP contribution in [-0.2, 0) is 27.3 Å². The maximum atomic E-state index is 12.2. The molecule has 2 aromatic carbocycles. The standard InChI is InChI=1S/C21H23NO5/c1-15-3-5-16(6-4-15)12-21(24)27-14-20(23)22(2)13-17-7-8-18-19(11-17)26-10-9-25-18/h3-8,11H,9-10,12-14H2,1-2H3. The predicted molar refractivity (Wildman–Crippen MR) is 99.7 cm³/mol. The number of likely N-dealkylation sites (N-methyl/N-ethyl adjacent to an activating group) is 1. The zero-order valence-corrected chi connectivity index (χ0v) is 15.6. The smallest absolute Gasteiger partial charge is 0.310 e. The fourth-order valence-electron chi connectivity index (χ4n) is 2.72. The van der Waals surface area contributed by atoms with Crippen LogP contribution in [0.3, 0.4) is 0 Å². The Labute approximate surface area is 158 Å². The number of nitrogens with zero attached hydrogens (tertiary/aromatic N) is 1. The first-order chi connectivity index (χ1) is 13.0. The number of carbonyl (C=O) groups is 2. The molecule has 0 fully saturated rings. The van der Waals surface area contributed by atoms with Gasteiger partial charge < -0.3 is 19.1 Å². The average molecular weight is 369 g/mol. The molecular formula is C21H23NO5. The molecule has 0 bridgehead atoms. The Morgan fingerprint density at radius 2 is 1.67 bits per heavy atom. The van der Waals surface area contributed by atoms with E-state index in [0.717, 1.165) is 16.7 Å². The summed E-state index contributed by atoms with van der Waals surface area (Å²) in [7, 11) is 1.67. The van der Waals surface area contributed by atoms with Crippen LogP contribution in [0.4, 0.5) is 0 Å². The van der Waals surface area contributed by atoms with Crippen LogP contribution in [0.2, 0.25) is 0 Å². The lowest BCUT2D eigenvalue weighted by atomic mass is 10.1. The van der Waals surface area contributed by atoms with E-state index < -0.39 is 5.97 Å². The van der Waals surface area contributed by atoms with E-state index in [4.69, 9.17) is 14.2 Å². The third-order valence-electron chi connectivity index (χ3n) is 4.28. The summed E-state index contributed by atoms with van der Waals surface area (Å²) >= 11 is 0. The number of ether oxygens (including phenoxy) is 3. The van der Waals surface area contributed by atoms with Crippen LogP contribution in [-0.4, -0.2) is 43.6 Å². The molecule has 6 heteroatoms. The first-order valence-electron chi connectivity index (χ1n) is 8.85. The summed E-state index contributed by atoms with van der Waals surface area (Å²) in [5, 5.41) is 0. The van der Waals surface area contributed by atoms with Gasteiger partial charge in [0.2, 0.25) is 0 Å². The van der Waals surface area contributed by atoms with Crippen molar-refractivity contribution in [2.75, 3.05) is 26.9 Å². The number of hydrogen-bond donors (Lipinski definition) is 0. The maximum absolute atomic E-state index is 12.2. The van der Waals surface area contributed by atoms with Crippen LogP contribution in [0.1, 0.15) is 16.7 Å². The van der Waals surface area contributed by atoms with Gasteiger partial charge in [0.15, 0.2) is 18.1 Å². The topological polar surface area (TPSA) is 65.1 Å². The number of fused-ring (bicyclic) bond motifs is 1. The zero-order chi connectivity index (χ0) is 19.2. The van der Waals surface area contributed by atoms with Crippen LogP contribution < -0.4 is 9.47 Å². The summed E-state index contributed by atoms with van der Waals surface area (Å²) in [6.45, 7) is 3.16. The lowest BCUT2D eigenvalue weighted by molar-refractivity contribution is -0.151. The largest absolute Gasteiger partial charge is 0.486 e. The SMILES string of the molecule is Cc1ccc(CC(=O)OCC(=O)N(C)Cc2ccc3c(c2)OCCO3)cc1. The van der Waals surface area contributed by atoms with Gasteiger partial charge in [-0.25, -0.2) is 0 Å². The molecule has 0 aromatic heterocycles. The second-order valence-corrected chi connectivity index (χ2v) is 6.55. The molecule has 27 heavy (non-hydrogen) atoms. The van der Waals surface area contributed by atoms with Crippen LogP contribution >= 0.6 is 0 Å². The van der Waals surface area contributed by atoms with Crippen molar-refractivity contribution in [2.24, 2.45) is 0 Å². The Hall–Kier alpha value is -3.02. The highest BCUT2D eigenvalue weighted by molar-refractivity contribution is 5.81. The predicted octanol–water partition coefficient (Wildman–Crippen LogP) is 2.51. The molecular weight excluding hydrogens is 346 g/mol. The van der Waals surface area contributed by atoms with E-state index >= 15 is 0 Å². The number of carbonyl (C=O) groups excluding carboxylic acids is 2. The van der Waals surface area contributed by atoms with Crippen molar-refractivity contribution >= 4 is 11.9 Å². The Balaban J connectivity index is 1.47. The Morgan fingerprint density at radius 3 is 2.41 bits per heavy atom. The molecule has 3 rings (SSSR count). The summed E-state index contributed by atoms with van der Waals surface area (Å²) in [4.78, 5) is 25.7. The second kappa shape index (κ2) is 8.58. The van der Waals surface area contributed by atoms with Crippen molar-refractivity contribution in [1.29, 1.82) is 0 Å². The summed E-state index contributed by atoms with van der Waals surface area (Å²) in [5.74, 6) is 0.718.